The molecule has 110 valence electrons. The molecular weight excluding hydrogens is 268 g/mol. The summed E-state index contributed by atoms with van der Waals surface area (Å²) >= 11 is 0. The Hall–Kier alpha value is -2.50. The first-order chi connectivity index (χ1) is 10.3. The standard InChI is InChI=1S/C15H18N4O2/c1-21-13-5-3-2-4-11(13)9-16-15(20)17-14-8-12(18-19-14)10-6-7-10/h2-5,8,10H,6-7,9H2,1H3,(H3,16,17,18,19,20). The molecule has 6 heteroatoms. The van der Waals surface area contributed by atoms with Crippen LogP contribution in [-0.4, -0.2) is 23.3 Å². The van der Waals surface area contributed by atoms with Crippen LogP contribution in [0.3, 0.4) is 0 Å². The number of para-hydroxylation sites is 1. The van der Waals surface area contributed by atoms with Gasteiger partial charge in [0, 0.05) is 29.8 Å². The quantitative estimate of drug-likeness (QED) is 0.790. The SMILES string of the molecule is COc1ccccc1CNC(=O)Nc1cc(C2CC2)[nH]n1. The van der Waals surface area contributed by atoms with Crippen LogP contribution in [0.15, 0.2) is 30.3 Å². The van der Waals surface area contributed by atoms with E-state index in [1.807, 2.05) is 30.3 Å². The number of carbonyl (C=O) groups is 1. The maximum Gasteiger partial charge on any atom is 0.320 e. The maximum absolute atomic E-state index is 11.9. The second-order valence-electron chi connectivity index (χ2n) is 5.10. The molecular formula is C15H18N4O2. The number of hydrogen-bond acceptors (Lipinski definition) is 3. The molecule has 0 aliphatic heterocycles. The van der Waals surface area contributed by atoms with Gasteiger partial charge in [-0.25, -0.2) is 4.79 Å². The second-order valence-corrected chi connectivity index (χ2v) is 5.10. The van der Waals surface area contributed by atoms with Gasteiger partial charge in [0.25, 0.3) is 0 Å². The van der Waals surface area contributed by atoms with Crippen LogP contribution in [0, 0.1) is 0 Å². The zero-order valence-corrected chi connectivity index (χ0v) is 11.8. The summed E-state index contributed by atoms with van der Waals surface area (Å²) < 4.78 is 5.24. The molecule has 21 heavy (non-hydrogen) atoms. The van der Waals surface area contributed by atoms with Crippen molar-refractivity contribution < 1.29 is 9.53 Å². The Bertz CT molecular complexity index is 634. The minimum absolute atomic E-state index is 0.283. The lowest BCUT2D eigenvalue weighted by atomic mass is 10.2. The molecule has 6 nitrogen and oxygen atoms in total. The molecule has 1 fully saturated rings. The van der Waals surface area contributed by atoms with E-state index < -0.39 is 0 Å². The van der Waals surface area contributed by atoms with Crippen LogP contribution >= 0.6 is 0 Å². The van der Waals surface area contributed by atoms with Crippen molar-refractivity contribution in [1.29, 1.82) is 0 Å². The predicted octanol–water partition coefficient (Wildman–Crippen LogP) is 2.62. The largest absolute Gasteiger partial charge is 0.496 e. The average Bonchev–Trinajstić information content (AvgIpc) is 3.26. The fourth-order valence-electron chi connectivity index (χ4n) is 2.19. The summed E-state index contributed by atoms with van der Waals surface area (Å²) in [5.74, 6) is 1.90. The lowest BCUT2D eigenvalue weighted by molar-refractivity contribution is 0.251. The molecule has 0 saturated heterocycles. The van der Waals surface area contributed by atoms with Gasteiger partial charge in [-0.15, -0.1) is 0 Å². The summed E-state index contributed by atoms with van der Waals surface area (Å²) in [4.78, 5) is 11.9. The van der Waals surface area contributed by atoms with Crippen molar-refractivity contribution in [3.63, 3.8) is 0 Å². The summed E-state index contributed by atoms with van der Waals surface area (Å²) in [7, 11) is 1.61. The Morgan fingerprint density at radius 3 is 3.00 bits per heavy atom. The number of H-pyrrole nitrogens is 1. The first kappa shape index (κ1) is 13.5. The van der Waals surface area contributed by atoms with Crippen LogP contribution in [0.1, 0.15) is 30.0 Å². The molecule has 1 aromatic heterocycles. The third kappa shape index (κ3) is 3.34. The zero-order chi connectivity index (χ0) is 14.7. The number of nitrogens with zero attached hydrogens (tertiary/aromatic N) is 1. The Balaban J connectivity index is 1.53. The van der Waals surface area contributed by atoms with E-state index in [2.05, 4.69) is 20.8 Å². The monoisotopic (exact) mass is 286 g/mol. The van der Waals surface area contributed by atoms with Crippen molar-refractivity contribution in [1.82, 2.24) is 15.5 Å². The molecule has 1 heterocycles. The Kier molecular flexibility index (Phi) is 3.77. The topological polar surface area (TPSA) is 79.0 Å². The number of anilines is 1. The summed E-state index contributed by atoms with van der Waals surface area (Å²) in [6, 6.07) is 9.19. The van der Waals surface area contributed by atoms with Gasteiger partial charge in [0.1, 0.15) is 5.75 Å². The van der Waals surface area contributed by atoms with E-state index in [4.69, 9.17) is 4.74 Å². The molecule has 1 aromatic carbocycles. The minimum Gasteiger partial charge on any atom is -0.496 e. The molecule has 0 radical (unpaired) electrons. The van der Waals surface area contributed by atoms with Gasteiger partial charge in [0.15, 0.2) is 5.82 Å². The minimum atomic E-state index is -0.283. The van der Waals surface area contributed by atoms with Gasteiger partial charge in [-0.1, -0.05) is 18.2 Å². The Labute approximate surface area is 122 Å². The van der Waals surface area contributed by atoms with Crippen molar-refractivity contribution in [2.45, 2.75) is 25.3 Å². The van der Waals surface area contributed by atoms with E-state index in [-0.39, 0.29) is 6.03 Å². The summed E-state index contributed by atoms with van der Waals surface area (Å²) in [5.41, 5.74) is 2.02. The van der Waals surface area contributed by atoms with E-state index in [0.717, 1.165) is 17.0 Å². The molecule has 0 unspecified atom stereocenters. The third-order valence-corrected chi connectivity index (χ3v) is 3.49. The van der Waals surface area contributed by atoms with E-state index >= 15 is 0 Å². The number of aromatic amines is 1. The number of amides is 2. The van der Waals surface area contributed by atoms with Crippen molar-refractivity contribution in [3.05, 3.63) is 41.6 Å². The van der Waals surface area contributed by atoms with Gasteiger partial charge in [0.2, 0.25) is 0 Å². The fourth-order valence-corrected chi connectivity index (χ4v) is 2.19. The molecule has 0 spiro atoms. The first-order valence-electron chi connectivity index (χ1n) is 6.98. The van der Waals surface area contributed by atoms with Crippen LogP contribution in [0.5, 0.6) is 5.75 Å². The predicted molar refractivity (Wildman–Crippen MR) is 79.4 cm³/mol. The van der Waals surface area contributed by atoms with E-state index in [1.165, 1.54) is 12.8 Å². The highest BCUT2D eigenvalue weighted by molar-refractivity contribution is 5.88. The van der Waals surface area contributed by atoms with Crippen LogP contribution in [0.2, 0.25) is 0 Å². The summed E-state index contributed by atoms with van der Waals surface area (Å²) in [5, 5.41) is 12.5. The smallest absolute Gasteiger partial charge is 0.320 e. The Morgan fingerprint density at radius 2 is 2.24 bits per heavy atom. The van der Waals surface area contributed by atoms with Crippen LogP contribution in [-0.2, 0) is 6.54 Å². The molecule has 2 aromatic rings. The molecule has 2 amide bonds. The summed E-state index contributed by atoms with van der Waals surface area (Å²) in [6.45, 7) is 0.399. The number of benzene rings is 1. The molecule has 1 aliphatic rings. The first-order valence-corrected chi connectivity index (χ1v) is 6.98. The number of methoxy groups -OCH3 is 1. The van der Waals surface area contributed by atoms with Gasteiger partial charge in [-0.3, -0.25) is 10.4 Å². The molecule has 3 rings (SSSR count). The lowest BCUT2D eigenvalue weighted by Crippen LogP contribution is -2.28. The van der Waals surface area contributed by atoms with Gasteiger partial charge in [-0.05, 0) is 18.9 Å². The number of rotatable bonds is 5. The molecule has 3 N–H and O–H groups in total. The van der Waals surface area contributed by atoms with Crippen molar-refractivity contribution in [3.8, 4) is 5.75 Å². The van der Waals surface area contributed by atoms with E-state index in [1.54, 1.807) is 7.11 Å². The van der Waals surface area contributed by atoms with Crippen molar-refractivity contribution >= 4 is 11.8 Å². The number of hydrogen-bond donors (Lipinski definition) is 3. The van der Waals surface area contributed by atoms with Crippen molar-refractivity contribution in [2.24, 2.45) is 0 Å². The normalized spacial score (nSPS) is 13.8. The average molecular weight is 286 g/mol. The van der Waals surface area contributed by atoms with Gasteiger partial charge >= 0.3 is 6.03 Å². The number of carbonyl (C=O) groups excluding carboxylic acids is 1. The van der Waals surface area contributed by atoms with Gasteiger partial charge < -0.3 is 10.1 Å². The summed E-state index contributed by atoms with van der Waals surface area (Å²) in [6.07, 6.45) is 2.39. The van der Waals surface area contributed by atoms with Crippen molar-refractivity contribution in [2.75, 3.05) is 12.4 Å². The molecule has 0 atom stereocenters. The molecule has 1 saturated carbocycles. The molecule has 0 bridgehead atoms. The van der Waals surface area contributed by atoms with Crippen LogP contribution < -0.4 is 15.4 Å². The lowest BCUT2D eigenvalue weighted by Gasteiger charge is -2.09. The zero-order valence-electron chi connectivity index (χ0n) is 11.8. The van der Waals surface area contributed by atoms with Gasteiger partial charge in [0.05, 0.1) is 7.11 Å². The van der Waals surface area contributed by atoms with E-state index in [9.17, 15) is 4.79 Å². The highest BCUT2D eigenvalue weighted by Crippen LogP contribution is 2.39. The second kappa shape index (κ2) is 5.87. The number of aromatic nitrogens is 2. The van der Waals surface area contributed by atoms with Crippen LogP contribution in [0.25, 0.3) is 0 Å². The molecule has 1 aliphatic carbocycles. The highest BCUT2D eigenvalue weighted by atomic mass is 16.5. The highest BCUT2D eigenvalue weighted by Gasteiger charge is 2.25. The number of urea groups is 1. The van der Waals surface area contributed by atoms with E-state index in [0.29, 0.717) is 18.3 Å². The van der Waals surface area contributed by atoms with Crippen LogP contribution in [0.4, 0.5) is 10.6 Å². The number of nitrogens with one attached hydrogen (secondary N) is 3. The maximum atomic E-state index is 11.9. The Morgan fingerprint density at radius 1 is 1.43 bits per heavy atom. The van der Waals surface area contributed by atoms with Gasteiger partial charge in [-0.2, -0.15) is 5.10 Å². The number of ether oxygens (including phenoxy) is 1. The fraction of sp³-hybridized carbons (Fsp3) is 0.333. The third-order valence-electron chi connectivity index (χ3n) is 3.49.